The molecule has 1 fully saturated rings. The summed E-state index contributed by atoms with van der Waals surface area (Å²) in [6.45, 7) is 3.44. The molecule has 2 rings (SSSR count). The molecule has 4 nitrogen and oxygen atoms in total. The Morgan fingerprint density at radius 3 is 2.68 bits per heavy atom. The van der Waals surface area contributed by atoms with Crippen LogP contribution in [0.4, 0.5) is 0 Å². The minimum atomic E-state index is -0.882. The monoisotopic (exact) mass is 263 g/mol. The van der Waals surface area contributed by atoms with Gasteiger partial charge in [-0.05, 0) is 49.4 Å². The number of carboxylic acid groups (broad SMARTS) is 1. The third-order valence-corrected chi connectivity index (χ3v) is 3.22. The van der Waals surface area contributed by atoms with Gasteiger partial charge in [-0.25, -0.2) is 4.79 Å². The molecular formula is C15H21NO3. The van der Waals surface area contributed by atoms with Crippen molar-refractivity contribution in [3.63, 3.8) is 0 Å². The van der Waals surface area contributed by atoms with E-state index in [2.05, 4.69) is 5.32 Å². The van der Waals surface area contributed by atoms with Crippen molar-refractivity contribution in [3.05, 3.63) is 35.4 Å². The molecular weight excluding hydrogens is 242 g/mol. The van der Waals surface area contributed by atoms with Crippen LogP contribution in [0.3, 0.4) is 0 Å². The van der Waals surface area contributed by atoms with E-state index in [9.17, 15) is 4.79 Å². The minimum absolute atomic E-state index is 0.331. The number of ether oxygens (including phenoxy) is 1. The molecule has 0 bridgehead atoms. The summed E-state index contributed by atoms with van der Waals surface area (Å²) >= 11 is 0. The van der Waals surface area contributed by atoms with Gasteiger partial charge in [0.05, 0.1) is 5.56 Å². The van der Waals surface area contributed by atoms with Crippen LogP contribution in [0.1, 0.15) is 35.2 Å². The highest BCUT2D eigenvalue weighted by Crippen LogP contribution is 2.28. The molecule has 0 saturated heterocycles. The molecule has 0 spiro atoms. The molecule has 0 radical (unpaired) electrons. The van der Waals surface area contributed by atoms with E-state index in [-0.39, 0.29) is 0 Å². The van der Waals surface area contributed by atoms with Gasteiger partial charge in [-0.3, -0.25) is 0 Å². The van der Waals surface area contributed by atoms with Crippen LogP contribution in [-0.4, -0.2) is 30.8 Å². The molecule has 1 aromatic carbocycles. The molecule has 0 heterocycles. The normalized spacial score (nSPS) is 14.5. The molecule has 0 aliphatic heterocycles. The van der Waals surface area contributed by atoms with Crippen LogP contribution in [0.15, 0.2) is 24.3 Å². The number of carboxylic acids is 1. The summed E-state index contributed by atoms with van der Waals surface area (Å²) in [4.78, 5) is 10.7. The maximum Gasteiger partial charge on any atom is 0.335 e. The van der Waals surface area contributed by atoms with Gasteiger partial charge in [0.25, 0.3) is 0 Å². The van der Waals surface area contributed by atoms with Gasteiger partial charge >= 0.3 is 5.97 Å². The predicted molar refractivity (Wildman–Crippen MR) is 73.3 cm³/mol. The second-order valence-electron chi connectivity index (χ2n) is 5.05. The molecule has 0 unspecified atom stereocenters. The van der Waals surface area contributed by atoms with Gasteiger partial charge in [0.2, 0.25) is 0 Å². The summed E-state index contributed by atoms with van der Waals surface area (Å²) in [5.41, 5.74) is 1.43. The zero-order valence-electron chi connectivity index (χ0n) is 11.1. The molecule has 0 aromatic heterocycles. The smallest absolute Gasteiger partial charge is 0.335 e. The Bertz CT molecular complexity index is 398. The fraction of sp³-hybridized carbons (Fsp3) is 0.533. The van der Waals surface area contributed by atoms with Gasteiger partial charge in [0.1, 0.15) is 0 Å². The number of hydrogen-bond donors (Lipinski definition) is 2. The van der Waals surface area contributed by atoms with Gasteiger partial charge in [-0.1, -0.05) is 12.1 Å². The second-order valence-corrected chi connectivity index (χ2v) is 5.05. The highest BCUT2D eigenvalue weighted by Gasteiger charge is 2.20. The van der Waals surface area contributed by atoms with Crippen molar-refractivity contribution < 1.29 is 14.6 Å². The van der Waals surface area contributed by atoms with E-state index in [0.717, 1.165) is 44.2 Å². The van der Waals surface area contributed by atoms with Crippen molar-refractivity contribution in [2.75, 3.05) is 19.8 Å². The van der Waals surface area contributed by atoms with Crippen LogP contribution >= 0.6 is 0 Å². The number of benzene rings is 1. The molecule has 2 N–H and O–H groups in total. The Hall–Kier alpha value is -1.39. The fourth-order valence-electron chi connectivity index (χ4n) is 1.83. The van der Waals surface area contributed by atoms with Crippen LogP contribution in [0.2, 0.25) is 0 Å². The molecule has 0 atom stereocenters. The summed E-state index contributed by atoms with van der Waals surface area (Å²) in [5, 5.41) is 12.1. The summed E-state index contributed by atoms with van der Waals surface area (Å²) < 4.78 is 5.55. The van der Waals surface area contributed by atoms with Crippen molar-refractivity contribution in [2.24, 2.45) is 5.92 Å². The third kappa shape index (κ3) is 5.41. The first-order valence-electron chi connectivity index (χ1n) is 6.86. The zero-order valence-corrected chi connectivity index (χ0v) is 11.1. The third-order valence-electron chi connectivity index (χ3n) is 3.22. The summed E-state index contributed by atoms with van der Waals surface area (Å²) in [6, 6.07) is 6.97. The van der Waals surface area contributed by atoms with E-state index in [1.54, 1.807) is 12.1 Å². The van der Waals surface area contributed by atoms with E-state index in [4.69, 9.17) is 9.84 Å². The van der Waals surface area contributed by atoms with Crippen molar-refractivity contribution in [1.29, 1.82) is 0 Å². The quantitative estimate of drug-likeness (QED) is 0.671. The lowest BCUT2D eigenvalue weighted by atomic mass is 10.1. The van der Waals surface area contributed by atoms with Crippen molar-refractivity contribution in [3.8, 4) is 0 Å². The Kier molecular flexibility index (Phi) is 5.36. The van der Waals surface area contributed by atoms with Crippen molar-refractivity contribution >= 4 is 5.97 Å². The molecule has 1 saturated carbocycles. The standard InChI is InChI=1S/C15H21NO3/c17-15(18)14-6-4-12(5-7-14)10-16-8-1-9-19-11-13-2-3-13/h4-7,13,16H,1-3,8-11H2,(H,17,18). The SMILES string of the molecule is O=C(O)c1ccc(CNCCCOCC2CC2)cc1. The number of aromatic carboxylic acids is 1. The highest BCUT2D eigenvalue weighted by atomic mass is 16.5. The van der Waals surface area contributed by atoms with E-state index in [1.165, 1.54) is 12.8 Å². The lowest BCUT2D eigenvalue weighted by Crippen LogP contribution is -2.16. The summed E-state index contributed by atoms with van der Waals surface area (Å²) in [5.74, 6) is -0.0481. The van der Waals surface area contributed by atoms with Crippen molar-refractivity contribution in [2.45, 2.75) is 25.8 Å². The van der Waals surface area contributed by atoms with Crippen LogP contribution in [0.25, 0.3) is 0 Å². The Morgan fingerprint density at radius 2 is 2.05 bits per heavy atom. The lowest BCUT2D eigenvalue weighted by molar-refractivity contribution is 0.0697. The largest absolute Gasteiger partial charge is 0.478 e. The number of rotatable bonds is 9. The van der Waals surface area contributed by atoms with Crippen LogP contribution < -0.4 is 5.32 Å². The molecule has 4 heteroatoms. The lowest BCUT2D eigenvalue weighted by Gasteiger charge is -2.06. The van der Waals surface area contributed by atoms with Crippen LogP contribution in [0, 0.1) is 5.92 Å². The molecule has 19 heavy (non-hydrogen) atoms. The van der Waals surface area contributed by atoms with Gasteiger partial charge < -0.3 is 15.2 Å². The first kappa shape index (κ1) is 14.0. The maximum absolute atomic E-state index is 10.7. The number of hydrogen-bond acceptors (Lipinski definition) is 3. The maximum atomic E-state index is 10.7. The van der Waals surface area contributed by atoms with Gasteiger partial charge in [-0.15, -0.1) is 0 Å². The zero-order chi connectivity index (χ0) is 13.5. The minimum Gasteiger partial charge on any atom is -0.478 e. The first-order chi connectivity index (χ1) is 9.25. The van der Waals surface area contributed by atoms with Gasteiger partial charge in [0, 0.05) is 19.8 Å². The topological polar surface area (TPSA) is 58.6 Å². The second kappa shape index (κ2) is 7.26. The van der Waals surface area contributed by atoms with Crippen molar-refractivity contribution in [1.82, 2.24) is 5.32 Å². The predicted octanol–water partition coefficient (Wildman–Crippen LogP) is 2.29. The first-order valence-corrected chi connectivity index (χ1v) is 6.86. The Balaban J connectivity index is 1.53. The van der Waals surface area contributed by atoms with E-state index < -0.39 is 5.97 Å². The molecule has 1 aromatic rings. The number of carbonyl (C=O) groups is 1. The highest BCUT2D eigenvalue weighted by molar-refractivity contribution is 5.87. The van der Waals surface area contributed by atoms with E-state index in [0.29, 0.717) is 5.56 Å². The summed E-state index contributed by atoms with van der Waals surface area (Å²) in [7, 11) is 0. The Labute approximate surface area is 113 Å². The average molecular weight is 263 g/mol. The average Bonchev–Trinajstić information content (AvgIpc) is 3.22. The summed E-state index contributed by atoms with van der Waals surface area (Å²) in [6.07, 6.45) is 3.69. The van der Waals surface area contributed by atoms with Crippen LogP contribution in [-0.2, 0) is 11.3 Å². The molecule has 0 amide bonds. The van der Waals surface area contributed by atoms with E-state index in [1.807, 2.05) is 12.1 Å². The molecule has 104 valence electrons. The fourth-order valence-corrected chi connectivity index (χ4v) is 1.83. The Morgan fingerprint density at radius 1 is 1.32 bits per heavy atom. The van der Waals surface area contributed by atoms with Gasteiger partial charge in [-0.2, -0.15) is 0 Å². The molecule has 1 aliphatic carbocycles. The number of nitrogens with one attached hydrogen (secondary N) is 1. The van der Waals surface area contributed by atoms with Crippen LogP contribution in [0.5, 0.6) is 0 Å². The van der Waals surface area contributed by atoms with E-state index >= 15 is 0 Å². The molecule has 1 aliphatic rings. The van der Waals surface area contributed by atoms with Gasteiger partial charge in [0.15, 0.2) is 0 Å².